The number of nitrogens with zero attached hydrogens (tertiary/aromatic N) is 2. The van der Waals surface area contributed by atoms with Crippen LogP contribution in [0.4, 0.5) is 0 Å². The average Bonchev–Trinajstić information content (AvgIpc) is 2.55. The SMILES string of the molecule is Cc1nc2cc(CCNCN)ccc2n1C. The first-order valence-corrected chi connectivity index (χ1v) is 5.55. The molecular formula is C12H18N4. The Morgan fingerprint density at radius 2 is 2.25 bits per heavy atom. The highest BCUT2D eigenvalue weighted by molar-refractivity contribution is 5.76. The molecule has 16 heavy (non-hydrogen) atoms. The molecule has 0 bridgehead atoms. The van der Waals surface area contributed by atoms with Gasteiger partial charge < -0.3 is 15.6 Å². The molecule has 0 aliphatic rings. The number of fused-ring (bicyclic) bond motifs is 1. The van der Waals surface area contributed by atoms with Crippen LogP contribution in [0.1, 0.15) is 11.4 Å². The molecule has 1 aromatic heterocycles. The van der Waals surface area contributed by atoms with Crippen LogP contribution < -0.4 is 11.1 Å². The van der Waals surface area contributed by atoms with Gasteiger partial charge in [0.25, 0.3) is 0 Å². The number of benzene rings is 1. The molecule has 2 rings (SSSR count). The van der Waals surface area contributed by atoms with Crippen molar-refractivity contribution in [3.8, 4) is 0 Å². The van der Waals surface area contributed by atoms with Gasteiger partial charge in [-0.25, -0.2) is 4.98 Å². The molecule has 0 saturated heterocycles. The second kappa shape index (κ2) is 4.63. The van der Waals surface area contributed by atoms with Crippen LogP contribution >= 0.6 is 0 Å². The summed E-state index contributed by atoms with van der Waals surface area (Å²) in [6, 6.07) is 6.44. The Kier molecular flexibility index (Phi) is 3.22. The lowest BCUT2D eigenvalue weighted by Crippen LogP contribution is -2.24. The Morgan fingerprint density at radius 1 is 1.44 bits per heavy atom. The number of imidazole rings is 1. The van der Waals surface area contributed by atoms with E-state index in [1.165, 1.54) is 11.1 Å². The van der Waals surface area contributed by atoms with Crippen molar-refractivity contribution in [2.45, 2.75) is 13.3 Å². The normalized spacial score (nSPS) is 11.2. The topological polar surface area (TPSA) is 55.9 Å². The van der Waals surface area contributed by atoms with E-state index >= 15 is 0 Å². The predicted octanol–water partition coefficient (Wildman–Crippen LogP) is 0.930. The minimum Gasteiger partial charge on any atom is -0.331 e. The fourth-order valence-electron chi connectivity index (χ4n) is 1.86. The Bertz CT molecular complexity index is 487. The first-order chi connectivity index (χ1) is 7.72. The molecule has 0 atom stereocenters. The van der Waals surface area contributed by atoms with Gasteiger partial charge >= 0.3 is 0 Å². The first kappa shape index (κ1) is 11.1. The van der Waals surface area contributed by atoms with Crippen molar-refractivity contribution < 1.29 is 0 Å². The average molecular weight is 218 g/mol. The fourth-order valence-corrected chi connectivity index (χ4v) is 1.86. The largest absolute Gasteiger partial charge is 0.331 e. The number of aromatic nitrogens is 2. The van der Waals surface area contributed by atoms with Gasteiger partial charge in [0.15, 0.2) is 0 Å². The van der Waals surface area contributed by atoms with Crippen LogP contribution in [0.3, 0.4) is 0 Å². The molecule has 4 heteroatoms. The zero-order chi connectivity index (χ0) is 11.5. The second-order valence-corrected chi connectivity index (χ2v) is 4.00. The summed E-state index contributed by atoms with van der Waals surface area (Å²) >= 11 is 0. The summed E-state index contributed by atoms with van der Waals surface area (Å²) in [5, 5.41) is 3.11. The van der Waals surface area contributed by atoms with Gasteiger partial charge in [-0.15, -0.1) is 0 Å². The van der Waals surface area contributed by atoms with Crippen LogP contribution in [-0.2, 0) is 13.5 Å². The van der Waals surface area contributed by atoms with Crippen LogP contribution in [0.25, 0.3) is 11.0 Å². The molecule has 0 spiro atoms. The van der Waals surface area contributed by atoms with E-state index in [9.17, 15) is 0 Å². The molecule has 0 aliphatic heterocycles. The van der Waals surface area contributed by atoms with Crippen LogP contribution in [-0.4, -0.2) is 22.8 Å². The zero-order valence-electron chi connectivity index (χ0n) is 9.83. The summed E-state index contributed by atoms with van der Waals surface area (Å²) in [4.78, 5) is 4.52. The van der Waals surface area contributed by atoms with Gasteiger partial charge in [0.2, 0.25) is 0 Å². The summed E-state index contributed by atoms with van der Waals surface area (Å²) in [7, 11) is 2.04. The van der Waals surface area contributed by atoms with E-state index in [1.807, 2.05) is 14.0 Å². The quantitative estimate of drug-likeness (QED) is 0.593. The lowest BCUT2D eigenvalue weighted by molar-refractivity contribution is 0.701. The lowest BCUT2D eigenvalue weighted by Gasteiger charge is -2.02. The predicted molar refractivity (Wildman–Crippen MR) is 66.2 cm³/mol. The van der Waals surface area contributed by atoms with Crippen molar-refractivity contribution in [1.29, 1.82) is 0 Å². The highest BCUT2D eigenvalue weighted by Crippen LogP contribution is 2.16. The number of aryl methyl sites for hydroxylation is 2. The maximum atomic E-state index is 5.38. The van der Waals surface area contributed by atoms with Crippen molar-refractivity contribution in [2.75, 3.05) is 13.2 Å². The van der Waals surface area contributed by atoms with Crippen molar-refractivity contribution in [2.24, 2.45) is 12.8 Å². The Balaban J connectivity index is 2.23. The molecule has 1 aromatic carbocycles. The van der Waals surface area contributed by atoms with E-state index in [1.54, 1.807) is 0 Å². The van der Waals surface area contributed by atoms with Gasteiger partial charge in [-0.05, 0) is 31.0 Å². The zero-order valence-corrected chi connectivity index (χ0v) is 9.83. The summed E-state index contributed by atoms with van der Waals surface area (Å²) < 4.78 is 2.11. The van der Waals surface area contributed by atoms with Gasteiger partial charge in [0.1, 0.15) is 5.82 Å². The molecular weight excluding hydrogens is 200 g/mol. The number of nitrogens with one attached hydrogen (secondary N) is 1. The van der Waals surface area contributed by atoms with Gasteiger partial charge in [0, 0.05) is 20.3 Å². The summed E-state index contributed by atoms with van der Waals surface area (Å²) in [5.74, 6) is 1.05. The molecule has 1 heterocycles. The van der Waals surface area contributed by atoms with E-state index in [4.69, 9.17) is 5.73 Å². The number of rotatable bonds is 4. The third-order valence-electron chi connectivity index (χ3n) is 2.90. The maximum absolute atomic E-state index is 5.38. The van der Waals surface area contributed by atoms with E-state index in [0.717, 1.165) is 24.3 Å². The molecule has 3 N–H and O–H groups in total. The van der Waals surface area contributed by atoms with Crippen molar-refractivity contribution in [3.05, 3.63) is 29.6 Å². The summed E-state index contributed by atoms with van der Waals surface area (Å²) in [6.07, 6.45) is 0.989. The Hall–Kier alpha value is -1.39. The highest BCUT2D eigenvalue weighted by Gasteiger charge is 2.04. The van der Waals surface area contributed by atoms with E-state index < -0.39 is 0 Å². The Labute approximate surface area is 95.5 Å². The molecule has 0 aliphatic carbocycles. The number of hydrogen-bond donors (Lipinski definition) is 2. The highest BCUT2D eigenvalue weighted by atomic mass is 15.0. The van der Waals surface area contributed by atoms with Crippen LogP contribution in [0.15, 0.2) is 18.2 Å². The Morgan fingerprint density at radius 3 is 3.00 bits per heavy atom. The van der Waals surface area contributed by atoms with Gasteiger partial charge in [0.05, 0.1) is 11.0 Å². The lowest BCUT2D eigenvalue weighted by atomic mass is 10.1. The molecule has 0 saturated carbocycles. The van der Waals surface area contributed by atoms with Gasteiger partial charge in [-0.1, -0.05) is 6.07 Å². The molecule has 86 valence electrons. The second-order valence-electron chi connectivity index (χ2n) is 4.00. The van der Waals surface area contributed by atoms with E-state index in [2.05, 4.69) is 33.1 Å². The first-order valence-electron chi connectivity index (χ1n) is 5.55. The third-order valence-corrected chi connectivity index (χ3v) is 2.90. The minimum atomic E-state index is 0.533. The molecule has 2 aromatic rings. The molecule has 0 radical (unpaired) electrons. The monoisotopic (exact) mass is 218 g/mol. The van der Waals surface area contributed by atoms with Crippen LogP contribution in [0, 0.1) is 6.92 Å². The number of hydrogen-bond acceptors (Lipinski definition) is 3. The van der Waals surface area contributed by atoms with Gasteiger partial charge in [-0.3, -0.25) is 0 Å². The van der Waals surface area contributed by atoms with Crippen LogP contribution in [0.5, 0.6) is 0 Å². The number of nitrogens with two attached hydrogens (primary N) is 1. The van der Waals surface area contributed by atoms with E-state index in [-0.39, 0.29) is 0 Å². The standard InChI is InChI=1S/C12H18N4/c1-9-15-11-7-10(5-6-14-8-13)3-4-12(11)16(9)2/h3-4,7,14H,5-6,8,13H2,1-2H3. The molecule has 0 amide bonds. The maximum Gasteiger partial charge on any atom is 0.106 e. The summed E-state index contributed by atoms with van der Waals surface area (Å²) in [6.45, 7) is 3.47. The fraction of sp³-hybridized carbons (Fsp3) is 0.417. The minimum absolute atomic E-state index is 0.533. The van der Waals surface area contributed by atoms with E-state index in [0.29, 0.717) is 6.67 Å². The van der Waals surface area contributed by atoms with Crippen molar-refractivity contribution in [3.63, 3.8) is 0 Å². The van der Waals surface area contributed by atoms with Crippen molar-refractivity contribution in [1.82, 2.24) is 14.9 Å². The third kappa shape index (κ3) is 2.08. The molecule has 0 fully saturated rings. The van der Waals surface area contributed by atoms with Gasteiger partial charge in [-0.2, -0.15) is 0 Å². The summed E-state index contributed by atoms with van der Waals surface area (Å²) in [5.41, 5.74) is 8.94. The smallest absolute Gasteiger partial charge is 0.106 e. The molecule has 4 nitrogen and oxygen atoms in total. The molecule has 0 unspecified atom stereocenters. The van der Waals surface area contributed by atoms with Crippen LogP contribution in [0.2, 0.25) is 0 Å². The van der Waals surface area contributed by atoms with Crippen molar-refractivity contribution >= 4 is 11.0 Å².